The number of aliphatic carboxylic acids is 1. The number of carboxylic acids is 1. The van der Waals surface area contributed by atoms with Gasteiger partial charge in [0.2, 0.25) is 10.0 Å². The van der Waals surface area contributed by atoms with E-state index < -0.39 is 16.0 Å². The van der Waals surface area contributed by atoms with E-state index >= 15 is 0 Å². The highest BCUT2D eigenvalue weighted by molar-refractivity contribution is 7.89. The molecule has 0 aromatic carbocycles. The fourth-order valence-electron chi connectivity index (χ4n) is 1.54. The second kappa shape index (κ2) is 5.73. The van der Waals surface area contributed by atoms with Crippen LogP contribution in [0.2, 0.25) is 0 Å². The third-order valence-electron chi connectivity index (χ3n) is 2.45. The molecule has 0 fully saturated rings. The third-order valence-corrected chi connectivity index (χ3v) is 4.81. The Hall–Kier alpha value is -1.71. The van der Waals surface area contributed by atoms with Crippen molar-refractivity contribution in [1.29, 1.82) is 0 Å². The van der Waals surface area contributed by atoms with Crippen LogP contribution in [0.1, 0.15) is 9.75 Å². The van der Waals surface area contributed by atoms with Gasteiger partial charge in [0.05, 0.1) is 6.20 Å². The molecule has 0 aliphatic heterocycles. The van der Waals surface area contributed by atoms with E-state index in [-0.39, 0.29) is 18.0 Å². The standard InChI is InChI=1S/C11H13N3O4S2/c1-8-2-3-9(19-8)4-13-20(17,18)10-5-12-14(6-10)7-11(15)16/h2-3,5-6,13H,4,7H2,1H3,(H,15,16). The van der Waals surface area contributed by atoms with E-state index in [2.05, 4.69) is 9.82 Å². The molecular formula is C11H13N3O4S2. The Morgan fingerprint density at radius 3 is 2.85 bits per heavy atom. The van der Waals surface area contributed by atoms with E-state index in [1.54, 1.807) is 0 Å². The van der Waals surface area contributed by atoms with Gasteiger partial charge in [-0.2, -0.15) is 5.10 Å². The molecular weight excluding hydrogens is 302 g/mol. The number of aryl methyl sites for hydroxylation is 1. The van der Waals surface area contributed by atoms with Crippen LogP contribution in [0, 0.1) is 6.92 Å². The van der Waals surface area contributed by atoms with Crippen molar-refractivity contribution in [2.24, 2.45) is 0 Å². The highest BCUT2D eigenvalue weighted by atomic mass is 32.2. The number of carboxylic acid groups (broad SMARTS) is 1. The molecule has 9 heteroatoms. The number of sulfonamides is 1. The summed E-state index contributed by atoms with van der Waals surface area (Å²) in [4.78, 5) is 12.5. The van der Waals surface area contributed by atoms with Crippen molar-refractivity contribution in [3.63, 3.8) is 0 Å². The van der Waals surface area contributed by atoms with Crippen molar-refractivity contribution in [3.8, 4) is 0 Å². The van der Waals surface area contributed by atoms with Crippen LogP contribution in [-0.4, -0.2) is 29.3 Å². The monoisotopic (exact) mass is 315 g/mol. The Balaban J connectivity index is 2.06. The van der Waals surface area contributed by atoms with Crippen molar-refractivity contribution < 1.29 is 18.3 Å². The quantitative estimate of drug-likeness (QED) is 0.821. The summed E-state index contributed by atoms with van der Waals surface area (Å²) < 4.78 is 27.5. The first-order valence-corrected chi connectivity index (χ1v) is 7.96. The normalized spacial score (nSPS) is 11.7. The largest absolute Gasteiger partial charge is 0.480 e. The summed E-state index contributed by atoms with van der Waals surface area (Å²) in [5, 5.41) is 12.3. The third kappa shape index (κ3) is 3.65. The molecule has 2 rings (SSSR count). The minimum atomic E-state index is -3.68. The number of hydrogen-bond acceptors (Lipinski definition) is 5. The van der Waals surface area contributed by atoms with Gasteiger partial charge >= 0.3 is 5.97 Å². The van der Waals surface area contributed by atoms with Crippen LogP contribution < -0.4 is 4.72 Å². The Morgan fingerprint density at radius 1 is 1.50 bits per heavy atom. The number of nitrogens with zero attached hydrogens (tertiary/aromatic N) is 2. The van der Waals surface area contributed by atoms with Crippen molar-refractivity contribution in [2.45, 2.75) is 24.9 Å². The van der Waals surface area contributed by atoms with E-state index in [0.717, 1.165) is 20.6 Å². The predicted molar refractivity (Wildman–Crippen MR) is 72.9 cm³/mol. The average Bonchev–Trinajstić information content (AvgIpc) is 2.95. The molecule has 0 saturated carbocycles. The second-order valence-corrected chi connectivity index (χ2v) is 7.24. The van der Waals surface area contributed by atoms with E-state index in [4.69, 9.17) is 5.11 Å². The molecule has 0 radical (unpaired) electrons. The van der Waals surface area contributed by atoms with Crippen molar-refractivity contribution >= 4 is 27.3 Å². The first-order chi connectivity index (χ1) is 9.37. The zero-order valence-corrected chi connectivity index (χ0v) is 12.2. The smallest absolute Gasteiger partial charge is 0.325 e. The Morgan fingerprint density at radius 2 is 2.25 bits per heavy atom. The molecule has 2 heterocycles. The van der Waals surface area contributed by atoms with Gasteiger partial charge in [0.25, 0.3) is 0 Å². The molecule has 0 bridgehead atoms. The molecule has 20 heavy (non-hydrogen) atoms. The second-order valence-electron chi connectivity index (χ2n) is 4.10. The van der Waals surface area contributed by atoms with E-state index in [0.29, 0.717) is 0 Å². The summed E-state index contributed by atoms with van der Waals surface area (Å²) in [6.45, 7) is 1.77. The van der Waals surface area contributed by atoms with Gasteiger partial charge in [-0.1, -0.05) is 0 Å². The lowest BCUT2D eigenvalue weighted by atomic mass is 10.4. The van der Waals surface area contributed by atoms with Crippen LogP contribution in [0.3, 0.4) is 0 Å². The summed E-state index contributed by atoms with van der Waals surface area (Å²) in [6, 6.07) is 3.77. The fraction of sp³-hybridized carbons (Fsp3) is 0.273. The number of thiophene rings is 1. The summed E-state index contributed by atoms with van der Waals surface area (Å²) in [6.07, 6.45) is 2.32. The Bertz CT molecular complexity index is 718. The molecule has 2 N–H and O–H groups in total. The molecule has 0 spiro atoms. The first-order valence-electron chi connectivity index (χ1n) is 5.66. The van der Waals surface area contributed by atoms with Crippen LogP contribution in [0.15, 0.2) is 29.4 Å². The van der Waals surface area contributed by atoms with Gasteiger partial charge in [-0.05, 0) is 19.1 Å². The molecule has 7 nitrogen and oxygen atoms in total. The lowest BCUT2D eigenvalue weighted by molar-refractivity contribution is -0.137. The number of nitrogens with one attached hydrogen (secondary N) is 1. The van der Waals surface area contributed by atoms with Gasteiger partial charge < -0.3 is 5.11 Å². The Labute approximate surface area is 119 Å². The van der Waals surface area contributed by atoms with Crippen LogP contribution in [0.25, 0.3) is 0 Å². The van der Waals surface area contributed by atoms with Gasteiger partial charge in [0.1, 0.15) is 11.4 Å². The number of rotatable bonds is 6. The fourth-order valence-corrected chi connectivity index (χ4v) is 3.42. The van der Waals surface area contributed by atoms with E-state index in [1.165, 1.54) is 17.5 Å². The first kappa shape index (κ1) is 14.7. The molecule has 108 valence electrons. The SMILES string of the molecule is Cc1ccc(CNS(=O)(=O)c2cnn(CC(=O)O)c2)s1. The number of hydrogen-bond donors (Lipinski definition) is 2. The lowest BCUT2D eigenvalue weighted by Gasteiger charge is -2.02. The molecule has 2 aromatic rings. The number of aromatic nitrogens is 2. The average molecular weight is 315 g/mol. The van der Waals surface area contributed by atoms with Crippen LogP contribution in [0.5, 0.6) is 0 Å². The maximum Gasteiger partial charge on any atom is 0.325 e. The maximum atomic E-state index is 12.0. The molecule has 0 atom stereocenters. The molecule has 0 saturated heterocycles. The summed E-state index contributed by atoms with van der Waals surface area (Å²) >= 11 is 1.51. The highest BCUT2D eigenvalue weighted by Crippen LogP contribution is 2.16. The van der Waals surface area contributed by atoms with Crippen LogP contribution in [-0.2, 0) is 27.9 Å². The van der Waals surface area contributed by atoms with E-state index in [9.17, 15) is 13.2 Å². The zero-order valence-electron chi connectivity index (χ0n) is 10.6. The Kier molecular flexibility index (Phi) is 4.21. The molecule has 0 unspecified atom stereocenters. The molecule has 0 aliphatic rings. The summed E-state index contributed by atoms with van der Waals surface area (Å²) in [5.41, 5.74) is 0. The van der Waals surface area contributed by atoms with Gasteiger partial charge in [-0.25, -0.2) is 13.1 Å². The summed E-state index contributed by atoms with van der Waals surface area (Å²) in [5.74, 6) is -1.08. The minimum absolute atomic E-state index is 0.0490. The van der Waals surface area contributed by atoms with Gasteiger partial charge in [-0.15, -0.1) is 11.3 Å². The zero-order chi connectivity index (χ0) is 14.8. The van der Waals surface area contributed by atoms with E-state index in [1.807, 2.05) is 19.1 Å². The van der Waals surface area contributed by atoms with Crippen LogP contribution >= 0.6 is 11.3 Å². The van der Waals surface area contributed by atoms with Crippen molar-refractivity contribution in [1.82, 2.24) is 14.5 Å². The molecule has 0 amide bonds. The van der Waals surface area contributed by atoms with Crippen molar-refractivity contribution in [3.05, 3.63) is 34.3 Å². The van der Waals surface area contributed by atoms with Crippen LogP contribution in [0.4, 0.5) is 0 Å². The van der Waals surface area contributed by atoms with Gasteiger partial charge in [0, 0.05) is 22.5 Å². The minimum Gasteiger partial charge on any atom is -0.480 e. The summed E-state index contributed by atoms with van der Waals surface area (Å²) in [7, 11) is -3.68. The van der Waals surface area contributed by atoms with Crippen molar-refractivity contribution in [2.75, 3.05) is 0 Å². The van der Waals surface area contributed by atoms with Gasteiger partial charge in [-0.3, -0.25) is 9.48 Å². The lowest BCUT2D eigenvalue weighted by Crippen LogP contribution is -2.22. The van der Waals surface area contributed by atoms with Gasteiger partial charge in [0.15, 0.2) is 0 Å². The molecule has 2 aromatic heterocycles. The topological polar surface area (TPSA) is 101 Å². The number of carbonyl (C=O) groups is 1. The molecule has 0 aliphatic carbocycles. The highest BCUT2D eigenvalue weighted by Gasteiger charge is 2.17. The predicted octanol–water partition coefficient (Wildman–Crippen LogP) is 0.816. The maximum absolute atomic E-state index is 12.0.